The summed E-state index contributed by atoms with van der Waals surface area (Å²) in [7, 11) is -4.76. The predicted octanol–water partition coefficient (Wildman–Crippen LogP) is 22.3. The summed E-state index contributed by atoms with van der Waals surface area (Å²) in [5.41, 5.74) is 0. The van der Waals surface area contributed by atoms with Gasteiger partial charge in [-0.15, -0.1) is 0 Å². The van der Waals surface area contributed by atoms with E-state index in [0.29, 0.717) is 19.3 Å². The molecule has 494 valence electrons. The number of ether oxygens (including phenoxy) is 3. The second-order valence-corrected chi connectivity index (χ2v) is 25.9. The Morgan fingerprint density at radius 1 is 0.333 bits per heavy atom. The molecule has 84 heavy (non-hydrogen) atoms. The van der Waals surface area contributed by atoms with Crippen molar-refractivity contribution in [2.45, 2.75) is 380 Å². The third-order valence-electron chi connectivity index (χ3n) is 16.1. The van der Waals surface area contributed by atoms with Gasteiger partial charge in [0.1, 0.15) is 12.7 Å². The van der Waals surface area contributed by atoms with Crippen LogP contribution in [0.15, 0.2) is 36.5 Å². The fourth-order valence-corrected chi connectivity index (χ4v) is 11.4. The van der Waals surface area contributed by atoms with Crippen molar-refractivity contribution in [2.24, 2.45) is 0 Å². The Labute approximate surface area is 518 Å². The Balaban J connectivity index is 4.63. The monoisotopic (exact) mass is 1210 g/mol. The molecule has 0 aromatic heterocycles. The van der Waals surface area contributed by atoms with Crippen LogP contribution in [0.4, 0.5) is 0 Å². The van der Waals surface area contributed by atoms with Gasteiger partial charge in [-0.2, -0.15) is 0 Å². The highest BCUT2D eigenvalue weighted by atomic mass is 31.2. The Morgan fingerprint density at radius 3 is 0.917 bits per heavy atom. The van der Waals surface area contributed by atoms with E-state index in [-0.39, 0.29) is 25.9 Å². The van der Waals surface area contributed by atoms with Gasteiger partial charge in [0.05, 0.1) is 19.8 Å². The number of carbonyl (C=O) groups is 3. The first-order valence-corrected chi connectivity index (χ1v) is 37.4. The van der Waals surface area contributed by atoms with E-state index >= 15 is 0 Å². The van der Waals surface area contributed by atoms with Crippen molar-refractivity contribution in [3.63, 3.8) is 0 Å². The molecule has 11 nitrogen and oxygen atoms in total. The molecule has 0 heterocycles. The van der Waals surface area contributed by atoms with Crippen molar-refractivity contribution in [1.82, 2.24) is 0 Å². The summed E-state index contributed by atoms with van der Waals surface area (Å²) in [6.45, 7) is 4.71. The number of esters is 3. The molecule has 0 rings (SSSR count). The lowest BCUT2D eigenvalue weighted by Crippen LogP contribution is -2.30. The van der Waals surface area contributed by atoms with Crippen LogP contribution in [0.3, 0.4) is 0 Å². The lowest BCUT2D eigenvalue weighted by molar-refractivity contribution is -0.161. The molecule has 0 radical (unpaired) electrons. The molecule has 0 aromatic rings. The molecule has 3 unspecified atom stereocenters. The van der Waals surface area contributed by atoms with Gasteiger partial charge in [0.25, 0.3) is 0 Å². The number of phosphoric ester groups is 1. The Bertz CT molecular complexity index is 1550. The number of aliphatic hydroxyl groups is 1. The van der Waals surface area contributed by atoms with Gasteiger partial charge in [-0.05, 0) is 57.8 Å². The number of aliphatic hydroxyl groups excluding tert-OH is 1. The topological polar surface area (TPSA) is 155 Å². The van der Waals surface area contributed by atoms with Gasteiger partial charge < -0.3 is 24.2 Å². The second-order valence-electron chi connectivity index (χ2n) is 24.4. The molecule has 0 fully saturated rings. The third-order valence-corrected chi connectivity index (χ3v) is 17.0. The minimum absolute atomic E-state index is 0.171. The van der Waals surface area contributed by atoms with Crippen LogP contribution in [0, 0.1) is 0 Å². The van der Waals surface area contributed by atoms with Crippen LogP contribution >= 0.6 is 7.82 Å². The largest absolute Gasteiger partial charge is 0.472 e. The van der Waals surface area contributed by atoms with E-state index in [0.717, 1.165) is 89.9 Å². The van der Waals surface area contributed by atoms with Crippen molar-refractivity contribution in [1.29, 1.82) is 0 Å². The number of rotatable bonds is 68. The quantitative estimate of drug-likeness (QED) is 0.0197. The summed E-state index contributed by atoms with van der Waals surface area (Å²) in [5, 5.41) is 9.89. The van der Waals surface area contributed by atoms with Crippen LogP contribution in [-0.2, 0) is 42.2 Å². The first kappa shape index (κ1) is 81.7. The van der Waals surface area contributed by atoms with Crippen molar-refractivity contribution >= 4 is 25.7 Å². The zero-order valence-corrected chi connectivity index (χ0v) is 56.0. The van der Waals surface area contributed by atoms with E-state index < -0.39 is 57.8 Å². The zero-order valence-electron chi connectivity index (χ0n) is 55.1. The third kappa shape index (κ3) is 64.2. The Morgan fingerprint density at radius 2 is 0.583 bits per heavy atom. The van der Waals surface area contributed by atoms with E-state index in [1.165, 1.54) is 218 Å². The maximum Gasteiger partial charge on any atom is 0.472 e. The molecular weight excluding hydrogens is 1070 g/mol. The van der Waals surface area contributed by atoms with Crippen LogP contribution in [0.1, 0.15) is 367 Å². The normalized spacial score (nSPS) is 13.3. The maximum atomic E-state index is 13.0. The molecule has 0 aromatic carbocycles. The molecular formula is C72H135O11P. The molecule has 0 aliphatic heterocycles. The number of phosphoric acid groups is 1. The summed E-state index contributed by atoms with van der Waals surface area (Å²) in [6.07, 6.45) is 73.8. The van der Waals surface area contributed by atoms with Crippen LogP contribution in [0.5, 0.6) is 0 Å². The van der Waals surface area contributed by atoms with Crippen molar-refractivity contribution < 1.29 is 52.2 Å². The van der Waals surface area contributed by atoms with Gasteiger partial charge in [-0.3, -0.25) is 23.4 Å². The summed E-state index contributed by atoms with van der Waals surface area (Å²) < 4.78 is 39.9. The minimum atomic E-state index is -4.76. The molecule has 12 heteroatoms. The Kier molecular flexibility index (Phi) is 64.8. The maximum absolute atomic E-state index is 13.0. The highest BCUT2D eigenvalue weighted by molar-refractivity contribution is 7.47. The lowest BCUT2D eigenvalue weighted by Gasteiger charge is -2.21. The first-order chi connectivity index (χ1) is 41.2. The van der Waals surface area contributed by atoms with Crippen molar-refractivity contribution in [3.05, 3.63) is 36.5 Å². The number of hydrogen-bond donors (Lipinski definition) is 2. The highest BCUT2D eigenvalue weighted by Gasteiger charge is 2.28. The smallest absolute Gasteiger partial charge is 0.462 e. The number of unbranched alkanes of at least 4 members (excludes halogenated alkanes) is 45. The van der Waals surface area contributed by atoms with Gasteiger partial charge in [0.15, 0.2) is 6.10 Å². The average Bonchev–Trinajstić information content (AvgIpc) is 3.55. The number of carbonyl (C=O) groups excluding carboxylic acids is 3. The minimum Gasteiger partial charge on any atom is -0.462 e. The van der Waals surface area contributed by atoms with Crippen LogP contribution in [0.25, 0.3) is 0 Å². The molecule has 0 aliphatic rings. The van der Waals surface area contributed by atoms with E-state index in [2.05, 4.69) is 57.2 Å². The van der Waals surface area contributed by atoms with Crippen LogP contribution in [-0.4, -0.2) is 66.5 Å². The van der Waals surface area contributed by atoms with Gasteiger partial charge >= 0.3 is 25.7 Å². The average molecular weight is 1210 g/mol. The van der Waals surface area contributed by atoms with E-state index in [9.17, 15) is 28.9 Å². The molecule has 0 bridgehead atoms. The first-order valence-electron chi connectivity index (χ1n) is 35.9. The molecule has 0 spiro atoms. The predicted molar refractivity (Wildman–Crippen MR) is 353 cm³/mol. The van der Waals surface area contributed by atoms with Gasteiger partial charge in [-0.25, -0.2) is 4.57 Å². The van der Waals surface area contributed by atoms with E-state index in [4.69, 9.17) is 23.3 Å². The molecule has 0 saturated carbocycles. The molecule has 3 atom stereocenters. The molecule has 0 aliphatic carbocycles. The summed E-state index contributed by atoms with van der Waals surface area (Å²) in [6, 6.07) is 0. The highest BCUT2D eigenvalue weighted by Crippen LogP contribution is 2.43. The standard InChI is InChI=1S/C72H135O11P/c1-4-7-10-13-16-19-22-25-28-31-34-37-40-43-46-49-52-55-58-61-70(74)79-65-69(83-72(76)63-60-57-54-51-48-45-42-39-36-33-30-27-24-21-18-15-12-9-6-3)67-81-84(77,78)80-66-68(64-73)82-71(75)62-59-56-53-50-47-44-41-38-35-32-29-26-23-20-17-14-11-8-5-2/h16,19,25,28,34,37,68-69,73H,4-15,17-18,20-24,26-27,29-33,35-36,38-67H2,1-3H3,(H,77,78)/b19-16-,28-25-,37-34-. The number of hydrogen-bond acceptors (Lipinski definition) is 10. The molecule has 0 amide bonds. The van der Waals surface area contributed by atoms with Crippen molar-refractivity contribution in [3.8, 4) is 0 Å². The van der Waals surface area contributed by atoms with Crippen LogP contribution in [0.2, 0.25) is 0 Å². The zero-order chi connectivity index (χ0) is 61.2. The van der Waals surface area contributed by atoms with Crippen LogP contribution < -0.4 is 0 Å². The van der Waals surface area contributed by atoms with E-state index in [1.54, 1.807) is 0 Å². The summed E-state index contributed by atoms with van der Waals surface area (Å²) in [4.78, 5) is 48.9. The second kappa shape index (κ2) is 66.6. The van der Waals surface area contributed by atoms with Gasteiger partial charge in [0.2, 0.25) is 0 Å². The summed E-state index contributed by atoms with van der Waals surface area (Å²) >= 11 is 0. The number of allylic oxidation sites excluding steroid dienone is 6. The van der Waals surface area contributed by atoms with Gasteiger partial charge in [-0.1, -0.05) is 327 Å². The lowest BCUT2D eigenvalue weighted by atomic mass is 10.0. The fraction of sp³-hybridized carbons (Fsp3) is 0.875. The van der Waals surface area contributed by atoms with E-state index in [1.807, 2.05) is 0 Å². The van der Waals surface area contributed by atoms with Gasteiger partial charge in [0, 0.05) is 19.3 Å². The van der Waals surface area contributed by atoms with Crippen molar-refractivity contribution in [2.75, 3.05) is 26.4 Å². The fourth-order valence-electron chi connectivity index (χ4n) is 10.6. The summed E-state index contributed by atoms with van der Waals surface area (Å²) in [5.74, 6) is -1.44. The molecule has 0 saturated heterocycles. The Hall–Kier alpha value is -2.30. The SMILES string of the molecule is CCCCC/C=C\C/C=C\C/C=C\CCCCCCCCC(=O)OCC(COP(=O)(O)OCC(CO)OC(=O)CCCCCCCCCCCCCCCCCCCCC)OC(=O)CCCCCCCCCCCCCCCCCCCCC. The molecule has 2 N–H and O–H groups in total.